The Morgan fingerprint density at radius 2 is 1.81 bits per heavy atom. The van der Waals surface area contributed by atoms with Crippen LogP contribution in [0, 0.1) is 13.8 Å². The van der Waals surface area contributed by atoms with E-state index in [-0.39, 0.29) is 0 Å². The summed E-state index contributed by atoms with van der Waals surface area (Å²) in [5.41, 5.74) is 6.01. The molecule has 0 unspecified atom stereocenters. The number of aryl methyl sites for hydroxylation is 2. The zero-order chi connectivity index (χ0) is 12.3. The highest BCUT2D eigenvalue weighted by atomic mass is 15.1. The topological polar surface area (TPSA) is 3.24 Å². The van der Waals surface area contributed by atoms with Gasteiger partial charge in [-0.3, -0.25) is 0 Å². The number of hydrogen-bond donors (Lipinski definition) is 0. The second kappa shape index (κ2) is 5.02. The zero-order valence-corrected chi connectivity index (χ0v) is 10.8. The maximum Gasteiger partial charge on any atom is 0.0380 e. The molecule has 0 aliphatic carbocycles. The van der Waals surface area contributed by atoms with Crippen LogP contribution in [0.3, 0.4) is 0 Å². The fourth-order valence-corrected chi connectivity index (χ4v) is 1.64. The third-order valence-corrected chi connectivity index (χ3v) is 2.81. The van der Waals surface area contributed by atoms with Crippen molar-refractivity contribution in [2.24, 2.45) is 0 Å². The molecule has 0 saturated heterocycles. The first-order valence-corrected chi connectivity index (χ1v) is 5.54. The van der Waals surface area contributed by atoms with E-state index in [0.717, 1.165) is 17.8 Å². The molecule has 1 aromatic rings. The molecular weight excluding hydrogens is 194 g/mol. The Morgan fingerprint density at radius 1 is 1.19 bits per heavy atom. The molecule has 1 heteroatoms. The van der Waals surface area contributed by atoms with E-state index in [1.165, 1.54) is 16.7 Å². The number of likely N-dealkylation sites (N-methyl/N-ethyl adjacent to an activating group) is 1. The maximum atomic E-state index is 4.13. The summed E-state index contributed by atoms with van der Waals surface area (Å²) < 4.78 is 0. The molecule has 0 aliphatic rings. The van der Waals surface area contributed by atoms with Crippen molar-refractivity contribution in [2.75, 3.05) is 13.6 Å². The highest BCUT2D eigenvalue weighted by Gasteiger charge is 2.05. The van der Waals surface area contributed by atoms with E-state index in [2.05, 4.69) is 50.1 Å². The minimum atomic E-state index is 0.853. The Hall–Kier alpha value is -1.50. The van der Waals surface area contributed by atoms with Crippen LogP contribution >= 0.6 is 0 Å². The van der Waals surface area contributed by atoms with Gasteiger partial charge in [0.05, 0.1) is 0 Å². The van der Waals surface area contributed by atoms with Gasteiger partial charge >= 0.3 is 0 Å². The molecule has 0 saturated carbocycles. The first-order chi connectivity index (χ1) is 7.41. The fraction of sp³-hybridized carbons (Fsp3) is 0.333. The van der Waals surface area contributed by atoms with Gasteiger partial charge in [-0.05, 0) is 43.5 Å². The Balaban J connectivity index is 2.88. The van der Waals surface area contributed by atoms with E-state index in [9.17, 15) is 0 Å². The quantitative estimate of drug-likeness (QED) is 0.691. The predicted octanol–water partition coefficient (Wildman–Crippen LogP) is 3.78. The Kier molecular flexibility index (Phi) is 3.94. The molecule has 0 fully saturated rings. The Morgan fingerprint density at radius 3 is 2.31 bits per heavy atom. The molecule has 0 amide bonds. The molecule has 16 heavy (non-hydrogen) atoms. The number of benzene rings is 1. The number of rotatable bonds is 4. The second-order valence-electron chi connectivity index (χ2n) is 4.56. The van der Waals surface area contributed by atoms with Gasteiger partial charge in [-0.1, -0.05) is 30.9 Å². The first-order valence-electron chi connectivity index (χ1n) is 5.54. The standard InChI is InChI=1S/C15H21N/c1-11(2)10-16(6)14(5)15-8-7-12(3)13(4)9-15/h7-9H,1,5,10H2,2-4,6H3. The summed E-state index contributed by atoms with van der Waals surface area (Å²) in [6.07, 6.45) is 0. The van der Waals surface area contributed by atoms with Crippen molar-refractivity contribution in [3.05, 3.63) is 53.6 Å². The fourth-order valence-electron chi connectivity index (χ4n) is 1.64. The van der Waals surface area contributed by atoms with Gasteiger partial charge in [-0.2, -0.15) is 0 Å². The summed E-state index contributed by atoms with van der Waals surface area (Å²) in [5, 5.41) is 0. The molecule has 0 N–H and O–H groups in total. The van der Waals surface area contributed by atoms with Crippen molar-refractivity contribution in [1.82, 2.24) is 4.90 Å². The summed E-state index contributed by atoms with van der Waals surface area (Å²) >= 11 is 0. The van der Waals surface area contributed by atoms with Crippen molar-refractivity contribution in [3.63, 3.8) is 0 Å². The highest BCUT2D eigenvalue weighted by Crippen LogP contribution is 2.19. The van der Waals surface area contributed by atoms with E-state index in [1.54, 1.807) is 0 Å². The monoisotopic (exact) mass is 215 g/mol. The third kappa shape index (κ3) is 2.99. The molecule has 0 heterocycles. The van der Waals surface area contributed by atoms with Gasteiger partial charge in [0, 0.05) is 19.3 Å². The van der Waals surface area contributed by atoms with Crippen molar-refractivity contribution in [3.8, 4) is 0 Å². The lowest BCUT2D eigenvalue weighted by Gasteiger charge is -2.22. The number of nitrogens with zero attached hydrogens (tertiary/aromatic N) is 1. The van der Waals surface area contributed by atoms with Crippen LogP contribution in [0.4, 0.5) is 0 Å². The minimum Gasteiger partial charge on any atom is -0.371 e. The normalized spacial score (nSPS) is 10.0. The van der Waals surface area contributed by atoms with Crippen molar-refractivity contribution >= 4 is 5.70 Å². The van der Waals surface area contributed by atoms with Gasteiger partial charge in [0.25, 0.3) is 0 Å². The Labute approximate surface area is 99.1 Å². The minimum absolute atomic E-state index is 0.853. The van der Waals surface area contributed by atoms with Crippen LogP contribution < -0.4 is 0 Å². The lowest BCUT2D eigenvalue weighted by atomic mass is 10.0. The average molecular weight is 215 g/mol. The summed E-state index contributed by atoms with van der Waals surface area (Å²) in [4.78, 5) is 2.13. The Bertz CT molecular complexity index is 415. The lowest BCUT2D eigenvalue weighted by Crippen LogP contribution is -2.18. The van der Waals surface area contributed by atoms with Gasteiger partial charge in [-0.15, -0.1) is 0 Å². The molecule has 0 bridgehead atoms. The molecule has 0 aromatic heterocycles. The van der Waals surface area contributed by atoms with E-state index >= 15 is 0 Å². The third-order valence-electron chi connectivity index (χ3n) is 2.81. The van der Waals surface area contributed by atoms with Crippen molar-refractivity contribution < 1.29 is 0 Å². The van der Waals surface area contributed by atoms with E-state index in [1.807, 2.05) is 14.0 Å². The van der Waals surface area contributed by atoms with E-state index in [4.69, 9.17) is 0 Å². The van der Waals surface area contributed by atoms with Gasteiger partial charge in [0.1, 0.15) is 0 Å². The first kappa shape index (κ1) is 12.6. The number of hydrogen-bond acceptors (Lipinski definition) is 1. The van der Waals surface area contributed by atoms with Gasteiger partial charge in [-0.25, -0.2) is 0 Å². The average Bonchev–Trinajstić information content (AvgIpc) is 2.20. The van der Waals surface area contributed by atoms with E-state index in [0.29, 0.717) is 0 Å². The van der Waals surface area contributed by atoms with Crippen LogP contribution in [-0.2, 0) is 0 Å². The van der Waals surface area contributed by atoms with Crippen molar-refractivity contribution in [1.29, 1.82) is 0 Å². The molecule has 86 valence electrons. The molecule has 0 spiro atoms. The summed E-state index contributed by atoms with van der Waals surface area (Å²) in [6.45, 7) is 15.2. The van der Waals surface area contributed by atoms with E-state index < -0.39 is 0 Å². The molecule has 1 aromatic carbocycles. The molecule has 0 radical (unpaired) electrons. The van der Waals surface area contributed by atoms with Crippen LogP contribution in [0.25, 0.3) is 5.70 Å². The SMILES string of the molecule is C=C(C)CN(C)C(=C)c1ccc(C)c(C)c1. The zero-order valence-electron chi connectivity index (χ0n) is 10.8. The molecule has 0 aliphatic heterocycles. The second-order valence-corrected chi connectivity index (χ2v) is 4.56. The van der Waals surface area contributed by atoms with Crippen LogP contribution in [0.1, 0.15) is 23.6 Å². The highest BCUT2D eigenvalue weighted by molar-refractivity contribution is 5.63. The van der Waals surface area contributed by atoms with Crippen LogP contribution in [0.5, 0.6) is 0 Å². The molecule has 1 rings (SSSR count). The van der Waals surface area contributed by atoms with Crippen LogP contribution in [0.2, 0.25) is 0 Å². The predicted molar refractivity (Wildman–Crippen MR) is 72.4 cm³/mol. The molecule has 1 nitrogen and oxygen atoms in total. The van der Waals surface area contributed by atoms with Crippen molar-refractivity contribution in [2.45, 2.75) is 20.8 Å². The largest absolute Gasteiger partial charge is 0.371 e. The molecular formula is C15H21N. The van der Waals surface area contributed by atoms with Crippen LogP contribution in [-0.4, -0.2) is 18.5 Å². The summed E-state index contributed by atoms with van der Waals surface area (Å²) in [6, 6.07) is 6.45. The van der Waals surface area contributed by atoms with Gasteiger partial charge < -0.3 is 4.90 Å². The smallest absolute Gasteiger partial charge is 0.0380 e. The maximum absolute atomic E-state index is 4.13. The van der Waals surface area contributed by atoms with Crippen LogP contribution in [0.15, 0.2) is 36.9 Å². The summed E-state index contributed by atoms with van der Waals surface area (Å²) in [7, 11) is 2.05. The van der Waals surface area contributed by atoms with Gasteiger partial charge in [0.15, 0.2) is 0 Å². The van der Waals surface area contributed by atoms with Gasteiger partial charge in [0.2, 0.25) is 0 Å². The lowest BCUT2D eigenvalue weighted by molar-refractivity contribution is 0.524. The summed E-state index contributed by atoms with van der Waals surface area (Å²) in [5.74, 6) is 0. The molecule has 0 atom stereocenters.